The predicted molar refractivity (Wildman–Crippen MR) is 138 cm³/mol. The lowest BCUT2D eigenvalue weighted by molar-refractivity contribution is -0.137. The second-order valence-corrected chi connectivity index (χ2v) is 9.58. The molecule has 5 rings (SSSR count). The van der Waals surface area contributed by atoms with Crippen molar-refractivity contribution in [3.05, 3.63) is 54.0 Å². The van der Waals surface area contributed by atoms with Crippen molar-refractivity contribution in [3.8, 4) is 11.1 Å². The van der Waals surface area contributed by atoms with E-state index in [2.05, 4.69) is 63.9 Å². The maximum Gasteiger partial charge on any atom is 0.226 e. The first-order valence-corrected chi connectivity index (χ1v) is 12.2. The fourth-order valence-corrected chi connectivity index (χ4v) is 5.49. The Morgan fingerprint density at radius 1 is 1.18 bits per heavy atom. The molecule has 1 aromatic carbocycles. The van der Waals surface area contributed by atoms with Gasteiger partial charge in [-0.25, -0.2) is 0 Å². The van der Waals surface area contributed by atoms with Crippen LogP contribution in [0, 0.1) is 12.8 Å². The van der Waals surface area contributed by atoms with Crippen molar-refractivity contribution in [1.29, 1.82) is 0 Å². The number of halogens is 1. The predicted octanol–water partition coefficient (Wildman–Crippen LogP) is 4.63. The number of aryl methyl sites for hydroxylation is 1. The fraction of sp³-hybridized carbons (Fsp3) is 0.481. The van der Waals surface area contributed by atoms with E-state index in [0.29, 0.717) is 5.92 Å². The number of likely N-dealkylation sites (tertiary alicyclic amines) is 1. The second-order valence-electron chi connectivity index (χ2n) is 9.58. The average molecular weight is 483 g/mol. The molecule has 2 aliphatic rings. The van der Waals surface area contributed by atoms with Gasteiger partial charge in [-0.05, 0) is 43.0 Å². The van der Waals surface area contributed by atoms with E-state index >= 15 is 0 Å². The molecule has 2 fully saturated rings. The summed E-state index contributed by atoms with van der Waals surface area (Å²) in [6.07, 6.45) is 5.84. The number of carbonyl (C=O) groups excluding carboxylic acids is 1. The first-order valence-electron chi connectivity index (χ1n) is 12.2. The summed E-state index contributed by atoms with van der Waals surface area (Å²) in [6, 6.07) is 10.7. The molecule has 0 radical (unpaired) electrons. The third-order valence-corrected chi connectivity index (χ3v) is 7.24. The van der Waals surface area contributed by atoms with E-state index in [-0.39, 0.29) is 24.2 Å². The molecule has 182 valence electrons. The van der Waals surface area contributed by atoms with Crippen molar-refractivity contribution in [2.45, 2.75) is 32.6 Å². The number of carbonyl (C=O) groups is 1. The summed E-state index contributed by atoms with van der Waals surface area (Å²) >= 11 is 0. The average Bonchev–Trinajstić information content (AvgIpc) is 3.26. The number of para-hydroxylation sites is 1. The van der Waals surface area contributed by atoms with E-state index in [1.54, 1.807) is 0 Å². The molecule has 6 nitrogen and oxygen atoms in total. The number of nitrogens with zero attached hydrogens (tertiary/aromatic N) is 3. The zero-order valence-electron chi connectivity index (χ0n) is 20.1. The zero-order valence-corrected chi connectivity index (χ0v) is 20.9. The number of morpholine rings is 1. The van der Waals surface area contributed by atoms with E-state index in [1.807, 2.05) is 12.4 Å². The third-order valence-electron chi connectivity index (χ3n) is 7.24. The van der Waals surface area contributed by atoms with Gasteiger partial charge in [-0.1, -0.05) is 25.1 Å². The monoisotopic (exact) mass is 482 g/mol. The number of hydrogen-bond acceptors (Lipinski definition) is 4. The number of aromatic amines is 1. The lowest BCUT2D eigenvalue weighted by Gasteiger charge is -2.36. The molecule has 2 unspecified atom stereocenters. The van der Waals surface area contributed by atoms with Crippen LogP contribution in [0.15, 0.2) is 42.7 Å². The van der Waals surface area contributed by atoms with Gasteiger partial charge in [0.1, 0.15) is 0 Å². The number of nitrogens with one attached hydrogen (secondary N) is 1. The summed E-state index contributed by atoms with van der Waals surface area (Å²) in [5, 5.41) is 1.25. The molecular weight excluding hydrogens is 448 g/mol. The molecule has 2 saturated heterocycles. The molecule has 0 spiro atoms. The summed E-state index contributed by atoms with van der Waals surface area (Å²) in [4.78, 5) is 25.8. The molecule has 3 aromatic rings. The lowest BCUT2D eigenvalue weighted by Crippen LogP contribution is -2.46. The molecule has 0 bridgehead atoms. The summed E-state index contributed by atoms with van der Waals surface area (Å²) in [5.41, 5.74) is 6.14. The summed E-state index contributed by atoms with van der Waals surface area (Å²) < 4.78 is 5.46. The topological polar surface area (TPSA) is 61.5 Å². The molecule has 2 atom stereocenters. The van der Waals surface area contributed by atoms with Gasteiger partial charge in [0.15, 0.2) is 0 Å². The van der Waals surface area contributed by atoms with Crippen LogP contribution >= 0.6 is 12.4 Å². The molecule has 4 heterocycles. The number of pyridine rings is 1. The number of benzene rings is 1. The quantitative estimate of drug-likeness (QED) is 0.575. The van der Waals surface area contributed by atoms with Gasteiger partial charge < -0.3 is 14.6 Å². The van der Waals surface area contributed by atoms with Gasteiger partial charge in [0, 0.05) is 79.1 Å². The number of ether oxygens (including phenoxy) is 1. The number of piperidine rings is 1. The van der Waals surface area contributed by atoms with Crippen LogP contribution in [0.4, 0.5) is 0 Å². The number of amides is 1. The number of hydrogen-bond donors (Lipinski definition) is 1. The Bertz CT molecular complexity index is 1110. The molecule has 1 N–H and O–H groups in total. The van der Waals surface area contributed by atoms with Crippen LogP contribution in [0.3, 0.4) is 0 Å². The third kappa shape index (κ3) is 4.99. The number of rotatable bonds is 5. The van der Waals surface area contributed by atoms with Gasteiger partial charge in [-0.15, -0.1) is 12.4 Å². The fourth-order valence-electron chi connectivity index (χ4n) is 5.49. The molecule has 7 heteroatoms. The highest BCUT2D eigenvalue weighted by molar-refractivity contribution is 5.99. The van der Waals surface area contributed by atoms with Crippen molar-refractivity contribution in [1.82, 2.24) is 19.8 Å². The van der Waals surface area contributed by atoms with E-state index in [1.165, 1.54) is 33.3 Å². The second kappa shape index (κ2) is 10.9. The molecule has 0 saturated carbocycles. The van der Waals surface area contributed by atoms with Crippen LogP contribution in [0.1, 0.15) is 36.9 Å². The van der Waals surface area contributed by atoms with E-state index in [0.717, 1.165) is 58.8 Å². The minimum absolute atomic E-state index is 0. The molecule has 1 amide bonds. The highest BCUT2D eigenvalue weighted by atomic mass is 35.5. The molecule has 2 aromatic heterocycles. The molecule has 2 aliphatic heterocycles. The Labute approximate surface area is 208 Å². The minimum Gasteiger partial charge on any atom is -0.379 e. The van der Waals surface area contributed by atoms with Crippen molar-refractivity contribution >= 4 is 29.2 Å². The number of aromatic nitrogens is 2. The Hall–Kier alpha value is -2.41. The van der Waals surface area contributed by atoms with Gasteiger partial charge in [-0.2, -0.15) is 0 Å². The minimum atomic E-state index is 0. The van der Waals surface area contributed by atoms with Crippen molar-refractivity contribution in [2.75, 3.05) is 45.9 Å². The van der Waals surface area contributed by atoms with E-state index < -0.39 is 0 Å². The normalized spacial score (nSPS) is 20.2. The Morgan fingerprint density at radius 2 is 1.94 bits per heavy atom. The SMILES string of the molecule is Cc1cccc2c(-c3ccncc3)c(C3CCCN(C(=O)C(C)CN4CCOCC4)C3)[nH]c12.Cl. The first kappa shape index (κ1) is 24.7. The summed E-state index contributed by atoms with van der Waals surface area (Å²) in [5.74, 6) is 0.587. The molecular formula is C27H35ClN4O2. The van der Waals surface area contributed by atoms with Crippen LogP contribution in [0.5, 0.6) is 0 Å². The van der Waals surface area contributed by atoms with Crippen LogP contribution in [-0.2, 0) is 9.53 Å². The van der Waals surface area contributed by atoms with Gasteiger partial charge >= 0.3 is 0 Å². The van der Waals surface area contributed by atoms with Crippen LogP contribution < -0.4 is 0 Å². The smallest absolute Gasteiger partial charge is 0.226 e. The number of H-pyrrole nitrogens is 1. The van der Waals surface area contributed by atoms with Crippen LogP contribution in [0.2, 0.25) is 0 Å². The highest BCUT2D eigenvalue weighted by Crippen LogP contribution is 2.40. The zero-order chi connectivity index (χ0) is 22.8. The van der Waals surface area contributed by atoms with Crippen molar-refractivity contribution in [2.24, 2.45) is 5.92 Å². The lowest BCUT2D eigenvalue weighted by atomic mass is 9.89. The maximum absolute atomic E-state index is 13.4. The highest BCUT2D eigenvalue weighted by Gasteiger charge is 2.31. The Kier molecular flexibility index (Phi) is 7.91. The summed E-state index contributed by atoms with van der Waals surface area (Å²) in [7, 11) is 0. The van der Waals surface area contributed by atoms with Crippen molar-refractivity contribution < 1.29 is 9.53 Å². The van der Waals surface area contributed by atoms with E-state index in [9.17, 15) is 4.79 Å². The van der Waals surface area contributed by atoms with Gasteiger partial charge in [0.25, 0.3) is 0 Å². The first-order chi connectivity index (χ1) is 16.1. The largest absolute Gasteiger partial charge is 0.379 e. The molecule has 34 heavy (non-hydrogen) atoms. The van der Waals surface area contributed by atoms with Crippen LogP contribution in [-0.4, -0.2) is 71.6 Å². The van der Waals surface area contributed by atoms with E-state index in [4.69, 9.17) is 4.74 Å². The van der Waals surface area contributed by atoms with Crippen LogP contribution in [0.25, 0.3) is 22.0 Å². The van der Waals surface area contributed by atoms with Gasteiger partial charge in [0.2, 0.25) is 5.91 Å². The van der Waals surface area contributed by atoms with Gasteiger partial charge in [-0.3, -0.25) is 14.7 Å². The van der Waals surface area contributed by atoms with Gasteiger partial charge in [0.05, 0.1) is 13.2 Å². The Balaban J connectivity index is 0.00000274. The van der Waals surface area contributed by atoms with Crippen molar-refractivity contribution in [3.63, 3.8) is 0 Å². The number of fused-ring (bicyclic) bond motifs is 1. The summed E-state index contributed by atoms with van der Waals surface area (Å²) in [6.45, 7) is 10.1. The Morgan fingerprint density at radius 3 is 2.71 bits per heavy atom. The standard InChI is InChI=1S/C27H34N4O2.ClH/c1-19-5-3-7-23-24(21-8-10-28-11-9-21)26(29-25(19)23)22-6-4-12-31(18-22)27(32)20(2)17-30-13-15-33-16-14-30;/h3,5,7-11,20,22,29H,4,6,12-18H2,1-2H3;1H. The molecule has 0 aliphatic carbocycles. The maximum atomic E-state index is 13.4.